The van der Waals surface area contributed by atoms with E-state index in [0.29, 0.717) is 5.01 Å². The first-order chi connectivity index (χ1) is 9.64. The summed E-state index contributed by atoms with van der Waals surface area (Å²) in [5, 5.41) is 11.4. The molecule has 1 atom stereocenters. The summed E-state index contributed by atoms with van der Waals surface area (Å²) in [7, 11) is 1.47. The largest absolute Gasteiger partial charge is 0.444 e. The fourth-order valence-electron chi connectivity index (χ4n) is 1.50. The number of ketones is 1. The zero-order chi connectivity index (χ0) is 16.2. The number of aromatic nitrogens is 1. The van der Waals surface area contributed by atoms with Gasteiger partial charge in [-0.25, -0.2) is 9.78 Å². The second-order valence-corrected chi connectivity index (χ2v) is 6.58. The average Bonchev–Trinajstić information content (AvgIpc) is 2.74. The Hall–Kier alpha value is -1.94. The molecule has 0 aliphatic carbocycles. The van der Waals surface area contributed by atoms with Gasteiger partial charge in [0, 0.05) is 18.1 Å². The third-order valence-electron chi connectivity index (χ3n) is 2.43. The lowest BCUT2D eigenvalue weighted by molar-refractivity contribution is -0.120. The number of Topliss-reactive ketones (excluding diaryl/α,β-unsaturated/α-hetero) is 1. The molecule has 0 unspecified atom stereocenters. The third kappa shape index (κ3) is 5.16. The van der Waals surface area contributed by atoms with E-state index < -0.39 is 17.6 Å². The summed E-state index contributed by atoms with van der Waals surface area (Å²) in [5.41, 5.74) is 0.138. The van der Waals surface area contributed by atoms with Crippen molar-refractivity contribution in [3.8, 4) is 6.07 Å². The number of aryl methyl sites for hydroxylation is 1. The van der Waals surface area contributed by atoms with E-state index in [2.05, 4.69) is 4.98 Å². The highest BCUT2D eigenvalue weighted by Gasteiger charge is 2.27. The number of hydrogen-bond acceptors (Lipinski definition) is 6. The average molecular weight is 309 g/mol. The van der Waals surface area contributed by atoms with Crippen LogP contribution in [0.3, 0.4) is 0 Å². The molecular weight excluding hydrogens is 290 g/mol. The number of rotatable bonds is 4. The van der Waals surface area contributed by atoms with Crippen molar-refractivity contribution in [3.05, 3.63) is 16.1 Å². The van der Waals surface area contributed by atoms with Crippen LogP contribution in [0.4, 0.5) is 4.79 Å². The Labute approximate surface area is 128 Å². The molecule has 21 heavy (non-hydrogen) atoms. The number of likely N-dealkylation sites (N-methyl/N-ethyl adjacent to an activating group) is 1. The van der Waals surface area contributed by atoms with Crippen molar-refractivity contribution in [2.45, 2.75) is 39.2 Å². The van der Waals surface area contributed by atoms with Crippen LogP contribution in [0.5, 0.6) is 0 Å². The van der Waals surface area contributed by atoms with Gasteiger partial charge in [0.25, 0.3) is 0 Å². The fourth-order valence-corrected chi connectivity index (χ4v) is 2.36. The second kappa shape index (κ2) is 6.68. The van der Waals surface area contributed by atoms with Gasteiger partial charge in [0.2, 0.25) is 0 Å². The molecule has 1 rings (SSSR count). The van der Waals surface area contributed by atoms with Gasteiger partial charge in [0.1, 0.15) is 10.6 Å². The maximum Gasteiger partial charge on any atom is 0.410 e. The molecule has 0 fully saturated rings. The fraction of sp³-hybridized carbons (Fsp3) is 0.571. The van der Waals surface area contributed by atoms with Gasteiger partial charge in [-0.1, -0.05) is 0 Å². The lowest BCUT2D eigenvalue weighted by Gasteiger charge is -2.24. The molecule has 1 amide bonds. The summed E-state index contributed by atoms with van der Waals surface area (Å²) < 4.78 is 5.16. The number of carbonyl (C=O) groups excluding carboxylic acids is 2. The summed E-state index contributed by atoms with van der Waals surface area (Å²) in [6.45, 7) is 6.85. The van der Waals surface area contributed by atoms with Gasteiger partial charge >= 0.3 is 6.09 Å². The molecule has 0 bridgehead atoms. The van der Waals surface area contributed by atoms with Crippen molar-refractivity contribution < 1.29 is 14.3 Å². The van der Waals surface area contributed by atoms with Crippen LogP contribution in [0.2, 0.25) is 0 Å². The van der Waals surface area contributed by atoms with Gasteiger partial charge in [-0.3, -0.25) is 4.79 Å². The monoisotopic (exact) mass is 309 g/mol. The molecule has 6 nitrogen and oxygen atoms in total. The molecule has 1 aromatic rings. The molecule has 0 aromatic carbocycles. The minimum atomic E-state index is -0.950. The maximum atomic E-state index is 12.2. The minimum Gasteiger partial charge on any atom is -0.444 e. The molecule has 0 radical (unpaired) electrons. The zero-order valence-electron chi connectivity index (χ0n) is 12.8. The number of nitriles is 1. The van der Waals surface area contributed by atoms with Crippen LogP contribution in [0.15, 0.2) is 5.38 Å². The van der Waals surface area contributed by atoms with E-state index in [-0.39, 0.29) is 12.3 Å². The number of thiazole rings is 1. The van der Waals surface area contributed by atoms with Crippen LogP contribution in [-0.4, -0.2) is 41.0 Å². The van der Waals surface area contributed by atoms with E-state index in [1.165, 1.54) is 23.3 Å². The zero-order valence-corrected chi connectivity index (χ0v) is 13.7. The Balaban J connectivity index is 2.71. The van der Waals surface area contributed by atoms with Crippen molar-refractivity contribution in [2.75, 3.05) is 13.6 Å². The van der Waals surface area contributed by atoms with Crippen LogP contribution >= 0.6 is 11.3 Å². The normalized spacial score (nSPS) is 12.4. The van der Waals surface area contributed by atoms with E-state index in [1.54, 1.807) is 33.1 Å². The Morgan fingerprint density at radius 2 is 2.14 bits per heavy atom. The quantitative estimate of drug-likeness (QED) is 0.853. The van der Waals surface area contributed by atoms with E-state index in [0.717, 1.165) is 5.69 Å². The highest BCUT2D eigenvalue weighted by molar-refractivity contribution is 7.09. The van der Waals surface area contributed by atoms with E-state index in [9.17, 15) is 9.59 Å². The molecular formula is C14H19N3O3S. The topological polar surface area (TPSA) is 83.3 Å². The van der Waals surface area contributed by atoms with E-state index in [1.807, 2.05) is 6.07 Å². The first kappa shape index (κ1) is 17.1. The van der Waals surface area contributed by atoms with Crippen molar-refractivity contribution in [1.82, 2.24) is 9.88 Å². The predicted molar refractivity (Wildman–Crippen MR) is 79.1 cm³/mol. The molecule has 1 aromatic heterocycles. The molecule has 0 aliphatic rings. The molecule has 0 N–H and O–H groups in total. The van der Waals surface area contributed by atoms with E-state index in [4.69, 9.17) is 10.00 Å². The summed E-state index contributed by atoms with van der Waals surface area (Å²) >= 11 is 1.27. The molecule has 7 heteroatoms. The first-order valence-electron chi connectivity index (χ1n) is 6.42. The van der Waals surface area contributed by atoms with Gasteiger partial charge in [-0.15, -0.1) is 11.3 Å². The Kier molecular flexibility index (Phi) is 5.44. The second-order valence-electron chi connectivity index (χ2n) is 5.69. The maximum absolute atomic E-state index is 12.2. The van der Waals surface area contributed by atoms with Gasteiger partial charge in [0.05, 0.1) is 12.6 Å². The Morgan fingerprint density at radius 1 is 1.52 bits per heavy atom. The number of hydrogen-bond donors (Lipinski definition) is 0. The van der Waals surface area contributed by atoms with Crippen LogP contribution in [0.1, 0.15) is 37.4 Å². The molecule has 0 aliphatic heterocycles. The van der Waals surface area contributed by atoms with Crippen molar-refractivity contribution in [2.24, 2.45) is 0 Å². The predicted octanol–water partition coefficient (Wildman–Crippen LogP) is 2.49. The number of amides is 1. The Bertz CT molecular complexity index is 569. The Morgan fingerprint density at radius 3 is 2.57 bits per heavy atom. The number of carbonyl (C=O) groups is 2. The van der Waals surface area contributed by atoms with E-state index >= 15 is 0 Å². The van der Waals surface area contributed by atoms with Crippen molar-refractivity contribution in [3.63, 3.8) is 0 Å². The highest BCUT2D eigenvalue weighted by Crippen LogP contribution is 2.21. The van der Waals surface area contributed by atoms with Gasteiger partial charge < -0.3 is 9.64 Å². The molecule has 114 valence electrons. The van der Waals surface area contributed by atoms with Gasteiger partial charge in [-0.2, -0.15) is 5.26 Å². The molecule has 0 saturated carbocycles. The van der Waals surface area contributed by atoms with Crippen LogP contribution < -0.4 is 0 Å². The van der Waals surface area contributed by atoms with Gasteiger partial charge in [0.15, 0.2) is 11.7 Å². The molecule has 0 spiro atoms. The van der Waals surface area contributed by atoms with Crippen LogP contribution in [0, 0.1) is 18.3 Å². The minimum absolute atomic E-state index is 0.189. The molecule has 0 saturated heterocycles. The number of nitrogens with zero attached hydrogens (tertiary/aromatic N) is 3. The van der Waals surface area contributed by atoms with Crippen LogP contribution in [-0.2, 0) is 9.53 Å². The first-order valence-corrected chi connectivity index (χ1v) is 7.30. The lowest BCUT2D eigenvalue weighted by Crippen LogP contribution is -2.38. The van der Waals surface area contributed by atoms with Crippen molar-refractivity contribution >= 4 is 23.2 Å². The number of ether oxygens (including phenoxy) is 1. The smallest absolute Gasteiger partial charge is 0.410 e. The van der Waals surface area contributed by atoms with Crippen molar-refractivity contribution in [1.29, 1.82) is 5.26 Å². The summed E-state index contributed by atoms with van der Waals surface area (Å²) in [6, 6.07) is 1.94. The molecule has 1 heterocycles. The van der Waals surface area contributed by atoms with Gasteiger partial charge in [-0.05, 0) is 27.7 Å². The van der Waals surface area contributed by atoms with Crippen LogP contribution in [0.25, 0.3) is 0 Å². The summed E-state index contributed by atoms with van der Waals surface area (Å²) in [6.07, 6.45) is -0.595. The summed E-state index contributed by atoms with van der Waals surface area (Å²) in [5.74, 6) is -1.33. The third-order valence-corrected chi connectivity index (χ3v) is 3.46. The lowest BCUT2D eigenvalue weighted by atomic mass is 10.1. The summed E-state index contributed by atoms with van der Waals surface area (Å²) in [4.78, 5) is 29.3. The standard InChI is InChI=1S/C14H19N3O3S/c1-9-8-21-12(16-9)10(6-15)11(18)7-17(5)13(19)20-14(2,3)4/h8,10H,7H2,1-5H3/t10-/m1/s1. The highest BCUT2D eigenvalue weighted by atomic mass is 32.1. The SMILES string of the molecule is Cc1csc([C@H](C#N)C(=O)CN(C)C(=O)OC(C)(C)C)n1.